The van der Waals surface area contributed by atoms with Gasteiger partial charge in [0.25, 0.3) is 17.1 Å². The number of carbonyl (C=O) groups is 2. The van der Waals surface area contributed by atoms with Crippen molar-refractivity contribution in [1.82, 2.24) is 53.6 Å². The largest absolute Gasteiger partial charge is 0.490 e. The summed E-state index contributed by atoms with van der Waals surface area (Å²) in [6, 6.07) is 0. The number of ether oxygens (including phenoxy) is 6. The average molecular weight is 1260 g/mol. The number of hydrogen-bond donors (Lipinski definition) is 11. The van der Waals surface area contributed by atoms with Crippen LogP contribution in [-0.2, 0) is 90.0 Å². The first-order valence-corrected chi connectivity index (χ1v) is 29.9. The summed E-state index contributed by atoms with van der Waals surface area (Å²) in [5.74, 6) is -2.71. The summed E-state index contributed by atoms with van der Waals surface area (Å²) >= 11 is 0. The van der Waals surface area contributed by atoms with Gasteiger partial charge < -0.3 is 75.4 Å². The third-order valence-corrected chi connectivity index (χ3v) is 17.5. The number of aliphatic hydroxyl groups is 2. The molecule has 14 N–H and O–H groups in total. The van der Waals surface area contributed by atoms with Crippen LogP contribution in [0.4, 0.5) is 17.7 Å². The van der Waals surface area contributed by atoms with Gasteiger partial charge in [0, 0.05) is 13.8 Å². The Balaban J connectivity index is 0.915. The van der Waals surface area contributed by atoms with E-state index in [2.05, 4.69) is 48.5 Å². The maximum absolute atomic E-state index is 14.2. The van der Waals surface area contributed by atoms with Crippen molar-refractivity contribution < 1.29 is 117 Å². The zero-order valence-corrected chi connectivity index (χ0v) is 46.9. The quantitative estimate of drug-likeness (QED) is 0.0186. The Morgan fingerprint density at radius 2 is 1.22 bits per heavy atom. The summed E-state index contributed by atoms with van der Waals surface area (Å²) in [6.45, 7) is 1.69. The van der Waals surface area contributed by atoms with E-state index in [1.807, 2.05) is 0 Å². The Morgan fingerprint density at radius 3 is 1.82 bits per heavy atom. The van der Waals surface area contributed by atoms with Crippen LogP contribution in [0.15, 0.2) is 34.9 Å². The monoisotopic (exact) mass is 1260 g/mol. The predicted molar refractivity (Wildman–Crippen MR) is 267 cm³/mol. The number of nitrogens with one attached hydrogen (secondary N) is 2. The number of carbonyl (C=O) groups excluding carboxylic acids is 2. The lowest BCUT2D eigenvalue weighted by Gasteiger charge is -2.27. The average Bonchev–Trinajstić information content (AvgIpc) is 2.81. The lowest BCUT2D eigenvalue weighted by Crippen LogP contribution is -2.46. The maximum Gasteiger partial charge on any atom is 0.490 e. The molecule has 6 aromatic rings. The van der Waals surface area contributed by atoms with Crippen molar-refractivity contribution in [1.29, 1.82) is 0 Å². The molecule has 9 rings (SSSR count). The summed E-state index contributed by atoms with van der Waals surface area (Å²) in [7, 11) is -22.4. The molecular weight excluding hydrogens is 1210 g/mol. The molecule has 454 valence electrons. The number of aliphatic hydroxyl groups excluding tert-OH is 2. The first kappa shape index (κ1) is 61.4. The minimum Gasteiger partial charge on any atom is -0.455 e. The molecule has 0 radical (unpaired) electrons. The molecule has 3 fully saturated rings. The van der Waals surface area contributed by atoms with Crippen LogP contribution >= 0.6 is 31.3 Å². The van der Waals surface area contributed by atoms with Gasteiger partial charge in [0.1, 0.15) is 54.6 Å². The molecule has 0 spiro atoms. The Labute approximate surface area is 461 Å². The number of nitrogen functional groups attached to an aromatic ring is 3. The fourth-order valence-corrected chi connectivity index (χ4v) is 13.6. The van der Waals surface area contributed by atoms with Crippen LogP contribution < -0.4 is 32.9 Å². The Kier molecular flexibility index (Phi) is 17.3. The van der Waals surface area contributed by atoms with Crippen LogP contribution in [0, 0.1) is 0 Å². The molecule has 41 nitrogen and oxygen atoms in total. The van der Waals surface area contributed by atoms with Crippen LogP contribution in [0.3, 0.4) is 0 Å². The number of fused-ring (bicyclic) bond motifs is 3. The Hall–Kier alpha value is -6.13. The molecule has 3 aliphatic rings. The second-order valence-corrected chi connectivity index (χ2v) is 24.6. The molecule has 0 aliphatic carbocycles. The number of nitrogens with zero attached hydrogens (tertiary/aromatic N) is 10. The number of aromatic amines is 2. The molecule has 45 heteroatoms. The van der Waals surface area contributed by atoms with Crippen molar-refractivity contribution >= 4 is 94.4 Å². The molecular formula is C38H52N15O26P4+. The predicted octanol–water partition coefficient (Wildman–Crippen LogP) is -2.79. The second kappa shape index (κ2) is 23.4. The van der Waals surface area contributed by atoms with Gasteiger partial charge >= 0.3 is 48.9 Å². The fourth-order valence-electron chi connectivity index (χ4n) is 9.12. The van der Waals surface area contributed by atoms with E-state index in [9.17, 15) is 67.2 Å². The molecule has 9 heterocycles. The van der Waals surface area contributed by atoms with E-state index in [4.69, 9.17) is 63.7 Å². The highest BCUT2D eigenvalue weighted by molar-refractivity contribution is 7.66. The van der Waals surface area contributed by atoms with E-state index >= 15 is 0 Å². The SMILES string of the molecule is CC(=O)OC1C(OP(=O)(O)OCC2OC(n3cnc4c(=O)[nH]c(N)nc43)C(OC(C)=O)C2OC(C)C)C(COP(=O)(O)OP(=O)(O)OP(=O)(O)OCC2OC([n+]3cn(C)c4c(=O)[nH]c(N)nc43)C(O)C2O)OC1n1cnc2c(N)ncnc21. The summed E-state index contributed by atoms with van der Waals surface area (Å²) in [5, 5.41) is 21.6. The number of nitrogens with two attached hydrogens (primary N) is 3. The molecule has 16 atom stereocenters. The molecule has 83 heavy (non-hydrogen) atoms. The highest BCUT2D eigenvalue weighted by Crippen LogP contribution is 2.68. The number of phosphoric ester groups is 3. The molecule has 0 aromatic carbocycles. The van der Waals surface area contributed by atoms with Gasteiger partial charge in [0.05, 0.1) is 45.6 Å². The van der Waals surface area contributed by atoms with E-state index in [1.165, 1.54) is 22.5 Å². The number of aromatic nitrogens is 12. The third kappa shape index (κ3) is 13.2. The van der Waals surface area contributed by atoms with Crippen LogP contribution in [0.1, 0.15) is 46.4 Å². The van der Waals surface area contributed by atoms with Crippen molar-refractivity contribution in [3.63, 3.8) is 0 Å². The van der Waals surface area contributed by atoms with Crippen molar-refractivity contribution in [2.45, 2.75) is 107 Å². The van der Waals surface area contributed by atoms with E-state index < -0.39 is 154 Å². The van der Waals surface area contributed by atoms with Gasteiger partial charge in [-0.2, -0.15) is 13.6 Å². The molecule has 3 aliphatic heterocycles. The number of rotatable bonds is 22. The van der Waals surface area contributed by atoms with Crippen LogP contribution in [0.25, 0.3) is 33.5 Å². The molecule has 0 bridgehead atoms. The zero-order valence-electron chi connectivity index (χ0n) is 43.3. The lowest BCUT2D eigenvalue weighted by atomic mass is 10.1. The van der Waals surface area contributed by atoms with Crippen molar-refractivity contribution in [3.8, 4) is 0 Å². The standard InChI is InChI=1S/C38H51N15O26P4/c1-13(2)71-24-17(75-35(26(24)72-14(3)54)52-11-45-20-30(52)46-37(40)48-32(20)58)7-68-80(60,61)77-25-18(76-36(27(25)73-15(4)55)51-10-44-19-28(39)42-9-43-29(19)51)8-70-82(64,65)79-83(66,67)78-81(62,63)69-6-16-22(56)23(57)34(74-16)53-12-50(5)21-31(53)47-38(41)49-33(21)59/h9-13,16-18,22-27,34-36,56-57H,6-8H2,1-5H3,(H11-,39,40,41,42,43,46,47,48,49,58,59,60,61,62,63,64,65,66,67)/p+1. The summed E-state index contributed by atoms with van der Waals surface area (Å²) in [6.07, 6.45) is -16.5. The van der Waals surface area contributed by atoms with E-state index in [0.29, 0.717) is 0 Å². The van der Waals surface area contributed by atoms with Gasteiger partial charge in [-0.15, -0.1) is 0 Å². The normalized spacial score (nSPS) is 28.6. The number of anilines is 3. The van der Waals surface area contributed by atoms with Gasteiger partial charge in [-0.3, -0.25) is 60.9 Å². The number of hydrogen-bond acceptors (Lipinski definition) is 31. The number of phosphoric acid groups is 4. The maximum atomic E-state index is 14.2. The van der Waals surface area contributed by atoms with E-state index in [-0.39, 0.29) is 51.2 Å². The van der Waals surface area contributed by atoms with Crippen LogP contribution in [-0.4, -0.2) is 176 Å². The molecule has 6 aromatic heterocycles. The fraction of sp³-hybridized carbons (Fsp3) is 0.553. The number of esters is 2. The van der Waals surface area contributed by atoms with Gasteiger partial charge in [-0.1, -0.05) is 4.98 Å². The van der Waals surface area contributed by atoms with Gasteiger partial charge in [-0.05, 0) is 13.8 Å². The third-order valence-electron chi connectivity index (χ3n) is 12.3. The lowest BCUT2D eigenvalue weighted by molar-refractivity contribution is -0.745. The molecule has 0 amide bonds. The molecule has 3 saturated heterocycles. The van der Waals surface area contributed by atoms with Gasteiger partial charge in [0.15, 0.2) is 53.6 Å². The van der Waals surface area contributed by atoms with Crippen molar-refractivity contribution in [2.75, 3.05) is 37.0 Å². The minimum atomic E-state index is -6.28. The summed E-state index contributed by atoms with van der Waals surface area (Å²) < 4.78 is 122. The smallest absolute Gasteiger partial charge is 0.455 e. The highest BCUT2D eigenvalue weighted by atomic mass is 31.3. The second-order valence-electron chi connectivity index (χ2n) is 18.6. The number of H-pyrrole nitrogens is 2. The summed E-state index contributed by atoms with van der Waals surface area (Å²) in [5.41, 5.74) is 15.4. The zero-order chi connectivity index (χ0) is 60.4. The number of imidazole rings is 3. The van der Waals surface area contributed by atoms with Crippen molar-refractivity contribution in [3.05, 3.63) is 46.0 Å². The van der Waals surface area contributed by atoms with E-state index in [0.717, 1.165) is 42.0 Å². The highest BCUT2D eigenvalue weighted by Gasteiger charge is 2.56. The van der Waals surface area contributed by atoms with Gasteiger partial charge in [0.2, 0.25) is 17.7 Å². The van der Waals surface area contributed by atoms with E-state index in [1.54, 1.807) is 13.8 Å². The van der Waals surface area contributed by atoms with Crippen LogP contribution in [0.5, 0.6) is 0 Å². The Bertz CT molecular complexity index is 3780. The molecule has 0 saturated carbocycles. The van der Waals surface area contributed by atoms with Crippen molar-refractivity contribution in [2.24, 2.45) is 7.05 Å². The molecule has 16 unspecified atom stereocenters. The minimum absolute atomic E-state index is 0.0334. The summed E-state index contributed by atoms with van der Waals surface area (Å²) in [4.78, 5) is 122. The Morgan fingerprint density at radius 1 is 0.687 bits per heavy atom. The number of aryl methyl sites for hydroxylation is 1. The van der Waals surface area contributed by atoms with Crippen LogP contribution in [0.2, 0.25) is 0 Å². The first-order chi connectivity index (χ1) is 38.8. The first-order valence-electron chi connectivity index (χ1n) is 23.9. The topological polar surface area (TPSA) is 574 Å². The van der Waals surface area contributed by atoms with Gasteiger partial charge in [-0.25, -0.2) is 42.8 Å².